The highest BCUT2D eigenvalue weighted by Gasteiger charge is 2.17. The van der Waals surface area contributed by atoms with Gasteiger partial charge >= 0.3 is 0 Å². The summed E-state index contributed by atoms with van der Waals surface area (Å²) in [6.07, 6.45) is 2.67. The van der Waals surface area contributed by atoms with Crippen LogP contribution < -0.4 is 10.6 Å². The van der Waals surface area contributed by atoms with Crippen LogP contribution in [0.3, 0.4) is 0 Å². The molecule has 0 aliphatic carbocycles. The predicted octanol–water partition coefficient (Wildman–Crippen LogP) is 2.85. The number of rotatable bonds is 6. The monoisotopic (exact) mass is 291 g/mol. The van der Waals surface area contributed by atoms with Crippen molar-refractivity contribution in [3.05, 3.63) is 11.4 Å². The molecule has 1 aromatic rings. The fourth-order valence-electron chi connectivity index (χ4n) is 2.81. The van der Waals surface area contributed by atoms with Crippen molar-refractivity contribution in [3.8, 4) is 0 Å². The van der Waals surface area contributed by atoms with Gasteiger partial charge in [-0.1, -0.05) is 13.8 Å². The first-order valence-electron chi connectivity index (χ1n) is 8.06. The standard InChI is InChI=1S/C16H29N5/c1-11(2)14-19-15(17-5)13(4)16(20-14)18-12(3)10-21-8-6-7-9-21/h11-12H,6-10H2,1-5H3,(H2,17,18,19,20). The summed E-state index contributed by atoms with van der Waals surface area (Å²) in [5.41, 5.74) is 1.09. The lowest BCUT2D eigenvalue weighted by Crippen LogP contribution is -2.33. The molecule has 1 unspecified atom stereocenters. The molecule has 0 saturated carbocycles. The molecule has 118 valence electrons. The van der Waals surface area contributed by atoms with Gasteiger partial charge in [-0.15, -0.1) is 0 Å². The van der Waals surface area contributed by atoms with Gasteiger partial charge in [-0.25, -0.2) is 9.97 Å². The van der Waals surface area contributed by atoms with E-state index in [0.29, 0.717) is 12.0 Å². The van der Waals surface area contributed by atoms with Gasteiger partial charge in [0.1, 0.15) is 17.5 Å². The third-order valence-corrected chi connectivity index (χ3v) is 4.03. The molecule has 1 saturated heterocycles. The van der Waals surface area contributed by atoms with E-state index in [4.69, 9.17) is 4.98 Å². The molecule has 5 heteroatoms. The van der Waals surface area contributed by atoms with Crippen LogP contribution in [0.15, 0.2) is 0 Å². The number of aromatic nitrogens is 2. The average Bonchev–Trinajstić information content (AvgIpc) is 2.93. The smallest absolute Gasteiger partial charge is 0.135 e. The second-order valence-corrected chi connectivity index (χ2v) is 6.36. The highest BCUT2D eigenvalue weighted by atomic mass is 15.2. The Labute approximate surface area is 128 Å². The van der Waals surface area contributed by atoms with Crippen LogP contribution in [0.5, 0.6) is 0 Å². The van der Waals surface area contributed by atoms with Crippen LogP contribution in [0.1, 0.15) is 50.9 Å². The summed E-state index contributed by atoms with van der Waals surface area (Å²) < 4.78 is 0. The van der Waals surface area contributed by atoms with E-state index in [1.807, 2.05) is 7.05 Å². The summed E-state index contributed by atoms with van der Waals surface area (Å²) in [5.74, 6) is 3.10. The van der Waals surface area contributed by atoms with Gasteiger partial charge in [0.2, 0.25) is 0 Å². The largest absolute Gasteiger partial charge is 0.373 e. The fourth-order valence-corrected chi connectivity index (χ4v) is 2.81. The Morgan fingerprint density at radius 1 is 1.10 bits per heavy atom. The van der Waals surface area contributed by atoms with Crippen LogP contribution in [-0.4, -0.2) is 47.6 Å². The molecular formula is C16H29N5. The van der Waals surface area contributed by atoms with Crippen molar-refractivity contribution in [2.24, 2.45) is 0 Å². The summed E-state index contributed by atoms with van der Waals surface area (Å²) in [7, 11) is 1.91. The Morgan fingerprint density at radius 2 is 1.71 bits per heavy atom. The Bertz CT molecular complexity index is 466. The van der Waals surface area contributed by atoms with Crippen molar-refractivity contribution < 1.29 is 0 Å². The fraction of sp³-hybridized carbons (Fsp3) is 0.750. The summed E-state index contributed by atoms with van der Waals surface area (Å²) in [6.45, 7) is 12.1. The van der Waals surface area contributed by atoms with E-state index in [2.05, 4.69) is 48.2 Å². The predicted molar refractivity (Wildman–Crippen MR) is 89.2 cm³/mol. The molecule has 0 aromatic carbocycles. The second-order valence-electron chi connectivity index (χ2n) is 6.36. The molecule has 1 aromatic heterocycles. The summed E-state index contributed by atoms with van der Waals surface area (Å²) in [6, 6.07) is 0.390. The molecule has 1 aliphatic rings. The normalized spacial score (nSPS) is 17.2. The minimum absolute atomic E-state index is 0.326. The lowest BCUT2D eigenvalue weighted by molar-refractivity contribution is 0.327. The van der Waals surface area contributed by atoms with Crippen LogP contribution in [0.2, 0.25) is 0 Å². The number of hydrogen-bond acceptors (Lipinski definition) is 5. The van der Waals surface area contributed by atoms with Gasteiger partial charge in [-0.2, -0.15) is 0 Å². The molecule has 2 heterocycles. The minimum atomic E-state index is 0.326. The average molecular weight is 291 g/mol. The number of anilines is 2. The van der Waals surface area contributed by atoms with Gasteiger partial charge in [0.25, 0.3) is 0 Å². The molecule has 21 heavy (non-hydrogen) atoms. The first kappa shape index (κ1) is 16.0. The van der Waals surface area contributed by atoms with Gasteiger partial charge in [-0.3, -0.25) is 0 Å². The van der Waals surface area contributed by atoms with Crippen molar-refractivity contribution in [1.29, 1.82) is 0 Å². The Balaban J connectivity index is 2.11. The molecule has 1 aliphatic heterocycles. The van der Waals surface area contributed by atoms with E-state index in [1.165, 1.54) is 25.9 Å². The maximum absolute atomic E-state index is 4.71. The molecular weight excluding hydrogens is 262 g/mol. The number of likely N-dealkylation sites (tertiary alicyclic amines) is 1. The topological polar surface area (TPSA) is 53.1 Å². The first-order valence-corrected chi connectivity index (χ1v) is 8.06. The molecule has 0 radical (unpaired) electrons. The molecule has 0 bridgehead atoms. The summed E-state index contributed by atoms with van der Waals surface area (Å²) in [5, 5.41) is 6.75. The number of hydrogen-bond donors (Lipinski definition) is 2. The highest BCUT2D eigenvalue weighted by molar-refractivity contribution is 5.57. The maximum atomic E-state index is 4.71. The van der Waals surface area contributed by atoms with Crippen LogP contribution in [0.4, 0.5) is 11.6 Å². The highest BCUT2D eigenvalue weighted by Crippen LogP contribution is 2.23. The van der Waals surface area contributed by atoms with Gasteiger partial charge in [-0.05, 0) is 39.8 Å². The zero-order valence-electron chi connectivity index (χ0n) is 14.0. The zero-order chi connectivity index (χ0) is 15.4. The van der Waals surface area contributed by atoms with Crippen molar-refractivity contribution in [3.63, 3.8) is 0 Å². The van der Waals surface area contributed by atoms with E-state index < -0.39 is 0 Å². The lowest BCUT2D eigenvalue weighted by Gasteiger charge is -2.23. The molecule has 2 rings (SSSR count). The number of nitrogens with zero attached hydrogens (tertiary/aromatic N) is 3. The van der Waals surface area contributed by atoms with Crippen LogP contribution in [-0.2, 0) is 0 Å². The Hall–Kier alpha value is -1.36. The SMILES string of the molecule is CNc1nc(C(C)C)nc(NC(C)CN2CCCC2)c1C. The van der Waals surface area contributed by atoms with Crippen LogP contribution in [0.25, 0.3) is 0 Å². The molecule has 5 nitrogen and oxygen atoms in total. The van der Waals surface area contributed by atoms with Crippen LogP contribution >= 0.6 is 0 Å². The summed E-state index contributed by atoms with van der Waals surface area (Å²) >= 11 is 0. The molecule has 0 amide bonds. The molecule has 2 N–H and O–H groups in total. The maximum Gasteiger partial charge on any atom is 0.135 e. The van der Waals surface area contributed by atoms with Crippen molar-refractivity contribution >= 4 is 11.6 Å². The van der Waals surface area contributed by atoms with Gasteiger partial charge in [0.05, 0.1) is 0 Å². The number of nitrogens with one attached hydrogen (secondary N) is 2. The quantitative estimate of drug-likeness (QED) is 0.844. The zero-order valence-corrected chi connectivity index (χ0v) is 14.0. The first-order chi connectivity index (χ1) is 10.0. The van der Waals surface area contributed by atoms with Crippen molar-refractivity contribution in [1.82, 2.24) is 14.9 Å². The summed E-state index contributed by atoms with van der Waals surface area (Å²) in [4.78, 5) is 11.8. The van der Waals surface area contributed by atoms with E-state index >= 15 is 0 Å². The van der Waals surface area contributed by atoms with E-state index in [1.54, 1.807) is 0 Å². The van der Waals surface area contributed by atoms with E-state index in [9.17, 15) is 0 Å². The van der Waals surface area contributed by atoms with Gasteiger partial charge in [0.15, 0.2) is 0 Å². The van der Waals surface area contributed by atoms with Crippen LogP contribution in [0, 0.1) is 6.92 Å². The van der Waals surface area contributed by atoms with E-state index in [-0.39, 0.29) is 0 Å². The van der Waals surface area contributed by atoms with Crippen molar-refractivity contribution in [2.75, 3.05) is 37.3 Å². The Morgan fingerprint density at radius 3 is 2.29 bits per heavy atom. The van der Waals surface area contributed by atoms with Gasteiger partial charge in [0, 0.05) is 31.1 Å². The Kier molecular flexibility index (Phi) is 5.39. The van der Waals surface area contributed by atoms with Gasteiger partial charge < -0.3 is 15.5 Å². The van der Waals surface area contributed by atoms with Crippen molar-refractivity contribution in [2.45, 2.75) is 52.5 Å². The molecule has 0 spiro atoms. The third-order valence-electron chi connectivity index (χ3n) is 4.03. The lowest BCUT2D eigenvalue weighted by atomic mass is 10.2. The molecule has 1 fully saturated rings. The minimum Gasteiger partial charge on any atom is -0.373 e. The third kappa shape index (κ3) is 4.06. The second kappa shape index (κ2) is 7.07. The molecule has 1 atom stereocenters. The van der Waals surface area contributed by atoms with E-state index in [0.717, 1.165) is 29.6 Å².